The number of nitrogens with zero attached hydrogens (tertiary/aromatic N) is 1. The Balaban J connectivity index is 3.55. The second-order valence-electron chi connectivity index (χ2n) is 1.12. The van der Waals surface area contributed by atoms with E-state index in [1.165, 1.54) is 6.92 Å². The van der Waals surface area contributed by atoms with Crippen LogP contribution in [0.15, 0.2) is 3.96 Å². The van der Waals surface area contributed by atoms with Crippen molar-refractivity contribution in [2.45, 2.75) is 13.0 Å². The monoisotopic (exact) mass is 167 g/mol. The summed E-state index contributed by atoms with van der Waals surface area (Å²) in [6.45, 7) is 1.50. The molecular formula is C3H5NO2Se. The summed E-state index contributed by atoms with van der Waals surface area (Å²) in [5.74, 6) is -0.904. The Morgan fingerprint density at radius 3 is 2.43 bits per heavy atom. The molecular weight excluding hydrogens is 161 g/mol. The molecule has 0 amide bonds. The standard InChI is InChI=1S/C3H5NO2Se/c1-2(4-7)3(5)6/h2H,1H3,(H,5,6). The summed E-state index contributed by atoms with van der Waals surface area (Å²) in [5, 5.41) is 8.07. The summed E-state index contributed by atoms with van der Waals surface area (Å²) >= 11 is 2.27. The molecule has 0 saturated heterocycles. The molecule has 40 valence electrons. The van der Waals surface area contributed by atoms with Gasteiger partial charge in [-0.05, 0) is 0 Å². The summed E-state index contributed by atoms with van der Waals surface area (Å²) in [6, 6.07) is -0.611. The van der Waals surface area contributed by atoms with E-state index >= 15 is 0 Å². The zero-order valence-corrected chi connectivity index (χ0v) is 5.50. The molecule has 0 rings (SSSR count). The number of hydrogen-bond acceptors (Lipinski definition) is 2. The van der Waals surface area contributed by atoms with Crippen LogP contribution in [0.4, 0.5) is 0 Å². The van der Waals surface area contributed by atoms with Crippen molar-refractivity contribution < 1.29 is 9.90 Å². The molecule has 0 aromatic rings. The number of aliphatic carboxylic acids is 1. The first-order chi connectivity index (χ1) is 3.18. The van der Waals surface area contributed by atoms with Gasteiger partial charge in [0.25, 0.3) is 0 Å². The van der Waals surface area contributed by atoms with Gasteiger partial charge in [-0.15, -0.1) is 0 Å². The molecule has 3 nitrogen and oxygen atoms in total. The number of carboxylic acid groups (broad SMARTS) is 1. The Morgan fingerprint density at radius 1 is 2.00 bits per heavy atom. The average Bonchev–Trinajstić information content (AvgIpc) is 1.65. The Morgan fingerprint density at radius 2 is 2.43 bits per heavy atom. The van der Waals surface area contributed by atoms with Gasteiger partial charge in [-0.25, -0.2) is 0 Å². The molecule has 0 spiro atoms. The summed E-state index contributed by atoms with van der Waals surface area (Å²) in [7, 11) is 0. The SMILES string of the molecule is CC(N=[Se])C(=O)O. The maximum atomic E-state index is 9.82. The second kappa shape index (κ2) is 2.88. The Bertz CT molecular complexity index is 92.9. The molecule has 4 heteroatoms. The van der Waals surface area contributed by atoms with Crippen LogP contribution in [0, 0.1) is 0 Å². The molecule has 0 radical (unpaired) electrons. The van der Waals surface area contributed by atoms with Crippen LogP contribution in [0.5, 0.6) is 0 Å². The summed E-state index contributed by atoms with van der Waals surface area (Å²) in [6.07, 6.45) is 0. The van der Waals surface area contributed by atoms with Crippen LogP contribution in [0.25, 0.3) is 0 Å². The molecule has 0 fully saturated rings. The molecule has 1 N–H and O–H groups in total. The van der Waals surface area contributed by atoms with E-state index in [4.69, 9.17) is 5.11 Å². The number of hydrogen-bond donors (Lipinski definition) is 1. The van der Waals surface area contributed by atoms with E-state index in [0.29, 0.717) is 0 Å². The van der Waals surface area contributed by atoms with E-state index in [0.717, 1.165) is 0 Å². The average molecular weight is 166 g/mol. The van der Waals surface area contributed by atoms with Gasteiger partial charge in [-0.3, -0.25) is 0 Å². The molecule has 0 heterocycles. The zero-order chi connectivity index (χ0) is 5.86. The fourth-order valence-corrected chi connectivity index (χ4v) is 0.234. The minimum absolute atomic E-state index is 0.611. The third-order valence-electron chi connectivity index (χ3n) is 0.516. The summed E-state index contributed by atoms with van der Waals surface area (Å²) in [5.41, 5.74) is 0. The zero-order valence-electron chi connectivity index (χ0n) is 3.79. The van der Waals surface area contributed by atoms with E-state index in [1.54, 1.807) is 0 Å². The third-order valence-corrected chi connectivity index (χ3v) is 1.18. The van der Waals surface area contributed by atoms with Crippen molar-refractivity contribution in [2.75, 3.05) is 0 Å². The first-order valence-electron chi connectivity index (χ1n) is 1.73. The van der Waals surface area contributed by atoms with Gasteiger partial charge >= 0.3 is 48.6 Å². The predicted molar refractivity (Wildman–Crippen MR) is 25.3 cm³/mol. The molecule has 0 bridgehead atoms. The van der Waals surface area contributed by atoms with Crippen LogP contribution < -0.4 is 0 Å². The van der Waals surface area contributed by atoms with Crippen LogP contribution in [0.2, 0.25) is 0 Å². The molecule has 0 aromatic heterocycles. The number of carboxylic acids is 1. The molecule has 0 saturated carbocycles. The third kappa shape index (κ3) is 2.48. The molecule has 7 heavy (non-hydrogen) atoms. The van der Waals surface area contributed by atoms with Gasteiger partial charge in [0.2, 0.25) is 0 Å². The first-order valence-corrected chi connectivity index (χ1v) is 2.50. The van der Waals surface area contributed by atoms with Crippen LogP contribution in [0.1, 0.15) is 6.92 Å². The summed E-state index contributed by atoms with van der Waals surface area (Å²) in [4.78, 5) is 9.82. The van der Waals surface area contributed by atoms with Gasteiger partial charge in [0.15, 0.2) is 0 Å². The molecule has 0 aliphatic heterocycles. The van der Waals surface area contributed by atoms with Crippen molar-refractivity contribution in [3.05, 3.63) is 0 Å². The van der Waals surface area contributed by atoms with E-state index in [2.05, 4.69) is 19.8 Å². The van der Waals surface area contributed by atoms with Crippen LogP contribution >= 0.6 is 0 Å². The van der Waals surface area contributed by atoms with Crippen molar-refractivity contribution in [2.24, 2.45) is 3.96 Å². The molecule has 0 aromatic carbocycles. The van der Waals surface area contributed by atoms with Gasteiger partial charge in [0, 0.05) is 0 Å². The predicted octanol–water partition coefficient (Wildman–Crippen LogP) is -0.188. The van der Waals surface area contributed by atoms with Gasteiger partial charge in [-0.1, -0.05) is 0 Å². The molecule has 0 aliphatic carbocycles. The fraction of sp³-hybridized carbons (Fsp3) is 0.667. The van der Waals surface area contributed by atoms with Crippen molar-refractivity contribution in [3.8, 4) is 0 Å². The number of rotatable bonds is 2. The van der Waals surface area contributed by atoms with Crippen molar-refractivity contribution in [1.29, 1.82) is 0 Å². The topological polar surface area (TPSA) is 49.7 Å². The van der Waals surface area contributed by atoms with Gasteiger partial charge in [-0.2, -0.15) is 0 Å². The van der Waals surface area contributed by atoms with Crippen molar-refractivity contribution in [1.82, 2.24) is 0 Å². The van der Waals surface area contributed by atoms with Gasteiger partial charge in [0.05, 0.1) is 0 Å². The van der Waals surface area contributed by atoms with Crippen molar-refractivity contribution in [3.63, 3.8) is 0 Å². The minimum atomic E-state index is -0.904. The van der Waals surface area contributed by atoms with Gasteiger partial charge < -0.3 is 0 Å². The van der Waals surface area contributed by atoms with E-state index in [9.17, 15) is 4.79 Å². The molecule has 0 aliphatic rings. The van der Waals surface area contributed by atoms with E-state index in [1.807, 2.05) is 0 Å². The molecule has 1 atom stereocenters. The fourth-order valence-electron chi connectivity index (χ4n) is 0.0451. The second-order valence-corrected chi connectivity index (χ2v) is 1.56. The molecule has 1 unspecified atom stereocenters. The van der Waals surface area contributed by atoms with Crippen LogP contribution in [0.3, 0.4) is 0 Å². The normalized spacial score (nSPS) is 12.7. The Labute approximate surface area is 49.3 Å². The number of carbonyl (C=O) groups is 1. The van der Waals surface area contributed by atoms with Crippen molar-refractivity contribution >= 4 is 21.8 Å². The summed E-state index contributed by atoms with van der Waals surface area (Å²) < 4.78 is 3.36. The van der Waals surface area contributed by atoms with Crippen LogP contribution in [-0.4, -0.2) is 32.9 Å². The Kier molecular flexibility index (Phi) is 2.79. The first kappa shape index (κ1) is 6.79. The quantitative estimate of drug-likeness (QED) is 0.578. The van der Waals surface area contributed by atoms with E-state index < -0.39 is 12.0 Å². The van der Waals surface area contributed by atoms with Crippen LogP contribution in [-0.2, 0) is 4.79 Å². The Hall–Kier alpha value is -0.211. The maximum absolute atomic E-state index is 9.82. The van der Waals surface area contributed by atoms with E-state index in [-0.39, 0.29) is 0 Å². The van der Waals surface area contributed by atoms with Gasteiger partial charge in [0.1, 0.15) is 0 Å².